The zero-order valence-electron chi connectivity index (χ0n) is 33.6. The molecule has 0 unspecified atom stereocenters. The van der Waals surface area contributed by atoms with E-state index in [2.05, 4.69) is 34.4 Å². The number of hydrogen-bond donors (Lipinski definition) is 5. The number of hydrogen-bond acceptors (Lipinski definition) is 6. The highest BCUT2D eigenvalue weighted by Gasteiger charge is 2.23. The maximum absolute atomic E-state index is 14.0. The summed E-state index contributed by atoms with van der Waals surface area (Å²) in [5, 5.41) is 24.8. The molecule has 4 aromatic carbocycles. The Morgan fingerprint density at radius 3 is 2.02 bits per heavy atom. The van der Waals surface area contributed by atoms with Crippen LogP contribution in [-0.4, -0.2) is 80.8 Å². The largest absolute Gasteiger partial charge is 0.481 e. The number of aromatic carboxylic acids is 1. The highest BCUT2D eigenvalue weighted by atomic mass is 16.4. The van der Waals surface area contributed by atoms with E-state index in [1.54, 1.807) is 30.1 Å². The van der Waals surface area contributed by atoms with Gasteiger partial charge >= 0.3 is 11.9 Å². The summed E-state index contributed by atoms with van der Waals surface area (Å²) in [5.41, 5.74) is 6.41. The van der Waals surface area contributed by atoms with E-state index in [4.69, 9.17) is 10.2 Å². The lowest BCUT2D eigenvalue weighted by Gasteiger charge is -2.32. The van der Waals surface area contributed by atoms with Gasteiger partial charge in [-0.15, -0.1) is 0 Å². The molecule has 3 amide bonds. The fraction of sp³-hybridized carbons (Fsp3) is 0.326. The number of rotatable bonds is 20. The van der Waals surface area contributed by atoms with Crippen molar-refractivity contribution in [3.8, 4) is 0 Å². The first kappa shape index (κ1) is 42.9. The number of likely N-dealkylation sites (N-methyl/N-ethyl adjacent to an activating group) is 1. The lowest BCUT2D eigenvalue weighted by molar-refractivity contribution is -0.140. The van der Waals surface area contributed by atoms with Crippen LogP contribution in [-0.2, 0) is 29.0 Å². The first-order valence-corrected chi connectivity index (χ1v) is 19.8. The second-order valence-corrected chi connectivity index (χ2v) is 14.7. The molecule has 12 heteroatoms. The van der Waals surface area contributed by atoms with Gasteiger partial charge in [-0.05, 0) is 97.7 Å². The van der Waals surface area contributed by atoms with Gasteiger partial charge in [0, 0.05) is 55.8 Å². The number of para-hydroxylation sites is 1. The van der Waals surface area contributed by atoms with Crippen molar-refractivity contribution in [3.05, 3.63) is 130 Å². The van der Waals surface area contributed by atoms with Crippen LogP contribution in [0.4, 0.5) is 11.5 Å². The van der Waals surface area contributed by atoms with Gasteiger partial charge < -0.3 is 30.7 Å². The number of aryl methyl sites for hydroxylation is 3. The Hall–Kier alpha value is -6.27. The van der Waals surface area contributed by atoms with Gasteiger partial charge in [0.25, 0.3) is 11.8 Å². The summed E-state index contributed by atoms with van der Waals surface area (Å²) in [5.74, 6) is -2.61. The summed E-state index contributed by atoms with van der Waals surface area (Å²) < 4.78 is 0. The first-order chi connectivity index (χ1) is 27.9. The minimum Gasteiger partial charge on any atom is -0.481 e. The molecule has 0 fully saturated rings. The third-order valence-corrected chi connectivity index (χ3v) is 10.6. The van der Waals surface area contributed by atoms with Crippen LogP contribution in [0.2, 0.25) is 0 Å². The monoisotopic (exact) mass is 787 g/mol. The Balaban J connectivity index is 1.26. The summed E-state index contributed by atoms with van der Waals surface area (Å²) in [6, 6.07) is 27.9. The van der Waals surface area contributed by atoms with E-state index in [-0.39, 0.29) is 42.2 Å². The molecule has 5 rings (SSSR count). The predicted octanol–water partition coefficient (Wildman–Crippen LogP) is 8.17. The Kier molecular flexibility index (Phi) is 15.0. The van der Waals surface area contributed by atoms with Crippen LogP contribution < -0.4 is 10.6 Å². The number of H-pyrrole nitrogens is 1. The number of carbonyl (C=O) groups is 5. The zero-order valence-corrected chi connectivity index (χ0v) is 33.6. The van der Waals surface area contributed by atoms with Gasteiger partial charge in [0.2, 0.25) is 5.91 Å². The Bertz CT molecular complexity index is 2230. The molecule has 0 radical (unpaired) electrons. The van der Waals surface area contributed by atoms with Crippen molar-refractivity contribution in [1.29, 1.82) is 0 Å². The molecular formula is C46H53N5O7. The third kappa shape index (κ3) is 11.4. The highest BCUT2D eigenvalue weighted by Crippen LogP contribution is 2.30. The predicted molar refractivity (Wildman–Crippen MR) is 227 cm³/mol. The van der Waals surface area contributed by atoms with Gasteiger partial charge in [0.15, 0.2) is 0 Å². The van der Waals surface area contributed by atoms with Crippen molar-refractivity contribution in [1.82, 2.24) is 14.8 Å². The molecule has 0 aliphatic rings. The normalized spacial score (nSPS) is 11.2. The Morgan fingerprint density at radius 1 is 0.724 bits per heavy atom. The SMILES string of the molecule is CCC(CC)N(CCN(C)C(=O)CCC(=O)O)Cc1cccc(C(=O)Nc2[nH]c3c(C)cccc3c2C(=O)Nc2ccc(CCCc3ccc(C(=O)O)cc3)cc2)c1. The second-order valence-electron chi connectivity index (χ2n) is 14.7. The second kappa shape index (κ2) is 20.2. The lowest BCUT2D eigenvalue weighted by atomic mass is 10.0. The van der Waals surface area contributed by atoms with Crippen molar-refractivity contribution in [2.75, 3.05) is 30.8 Å². The molecule has 5 N–H and O–H groups in total. The van der Waals surface area contributed by atoms with E-state index in [9.17, 15) is 24.0 Å². The molecule has 0 saturated carbocycles. The molecule has 0 saturated heterocycles. The molecule has 0 bridgehead atoms. The zero-order chi connectivity index (χ0) is 41.8. The summed E-state index contributed by atoms with van der Waals surface area (Å²) in [7, 11) is 1.69. The summed E-state index contributed by atoms with van der Waals surface area (Å²) in [4.78, 5) is 69.5. The van der Waals surface area contributed by atoms with Crippen molar-refractivity contribution in [2.45, 2.75) is 78.3 Å². The van der Waals surface area contributed by atoms with Gasteiger partial charge in [0.1, 0.15) is 5.82 Å². The summed E-state index contributed by atoms with van der Waals surface area (Å²) >= 11 is 0. The van der Waals surface area contributed by atoms with Crippen LogP contribution in [0.1, 0.15) is 99.3 Å². The molecular weight excluding hydrogens is 735 g/mol. The van der Waals surface area contributed by atoms with Crippen LogP contribution in [0.15, 0.2) is 91.0 Å². The van der Waals surface area contributed by atoms with E-state index in [1.165, 1.54) is 0 Å². The average Bonchev–Trinajstić information content (AvgIpc) is 3.59. The van der Waals surface area contributed by atoms with Gasteiger partial charge in [0.05, 0.1) is 23.1 Å². The summed E-state index contributed by atoms with van der Waals surface area (Å²) in [6.07, 6.45) is 4.06. The minimum absolute atomic E-state index is 0.0431. The van der Waals surface area contributed by atoms with Crippen molar-refractivity contribution < 1.29 is 34.2 Å². The maximum Gasteiger partial charge on any atom is 0.335 e. The number of carbonyl (C=O) groups excluding carboxylic acids is 3. The fourth-order valence-corrected chi connectivity index (χ4v) is 7.19. The number of carboxylic acid groups (broad SMARTS) is 2. The van der Waals surface area contributed by atoms with Gasteiger partial charge in [-0.2, -0.15) is 0 Å². The molecule has 0 atom stereocenters. The van der Waals surface area contributed by atoms with Gasteiger partial charge in [-0.1, -0.05) is 68.4 Å². The lowest BCUT2D eigenvalue weighted by Crippen LogP contribution is -2.41. The number of amides is 3. The van der Waals surface area contributed by atoms with E-state index in [0.29, 0.717) is 47.7 Å². The van der Waals surface area contributed by atoms with E-state index in [1.807, 2.05) is 79.7 Å². The van der Waals surface area contributed by atoms with Crippen LogP contribution >= 0.6 is 0 Å². The van der Waals surface area contributed by atoms with Gasteiger partial charge in [-0.25, -0.2) is 4.79 Å². The quantitative estimate of drug-likeness (QED) is 0.0526. The number of benzene rings is 4. The number of nitrogens with zero attached hydrogens (tertiary/aromatic N) is 2. The van der Waals surface area contributed by atoms with E-state index >= 15 is 0 Å². The van der Waals surface area contributed by atoms with Crippen molar-refractivity contribution in [2.24, 2.45) is 0 Å². The Labute approximate surface area is 339 Å². The number of aromatic nitrogens is 1. The fourth-order valence-electron chi connectivity index (χ4n) is 7.19. The number of aromatic amines is 1. The standard InChI is InChI=1S/C46H53N5O7/c1-5-37(6-2)51(27-26-50(4)39(52)24-25-40(53)54)29-33-13-9-14-35(28-33)44(55)49-43-41(38-15-7-10-30(3)42(38)48-43)45(56)47-36-22-18-32(19-23-36)12-8-11-31-16-20-34(21-17-31)46(57)58/h7,9-10,13-23,28,37,48H,5-6,8,11-12,24-27,29H2,1-4H3,(H,47,56)(H,49,55)(H,53,54)(H,57,58). The highest BCUT2D eigenvalue weighted by molar-refractivity contribution is 6.19. The molecule has 304 valence electrons. The maximum atomic E-state index is 14.0. The third-order valence-electron chi connectivity index (χ3n) is 10.6. The van der Waals surface area contributed by atoms with E-state index in [0.717, 1.165) is 59.9 Å². The molecule has 0 spiro atoms. The minimum atomic E-state index is -1.00. The number of fused-ring (bicyclic) bond motifs is 1. The molecule has 1 heterocycles. The van der Waals surface area contributed by atoms with E-state index < -0.39 is 11.9 Å². The van der Waals surface area contributed by atoms with Crippen LogP contribution in [0.3, 0.4) is 0 Å². The first-order valence-electron chi connectivity index (χ1n) is 19.8. The van der Waals surface area contributed by atoms with Crippen LogP contribution in [0, 0.1) is 6.92 Å². The molecule has 0 aliphatic heterocycles. The number of anilines is 2. The molecule has 0 aliphatic carbocycles. The average molecular weight is 788 g/mol. The number of carboxylic acids is 2. The van der Waals surface area contributed by atoms with Crippen LogP contribution in [0.25, 0.3) is 10.9 Å². The van der Waals surface area contributed by atoms with Crippen molar-refractivity contribution >= 4 is 52.1 Å². The van der Waals surface area contributed by atoms with Crippen molar-refractivity contribution in [3.63, 3.8) is 0 Å². The topological polar surface area (TPSA) is 172 Å². The van der Waals surface area contributed by atoms with Crippen LogP contribution in [0.5, 0.6) is 0 Å². The molecule has 1 aromatic heterocycles. The summed E-state index contributed by atoms with van der Waals surface area (Å²) in [6.45, 7) is 7.75. The smallest absolute Gasteiger partial charge is 0.335 e. The molecule has 12 nitrogen and oxygen atoms in total. The van der Waals surface area contributed by atoms with Gasteiger partial charge in [-0.3, -0.25) is 24.1 Å². The molecule has 58 heavy (non-hydrogen) atoms. The number of aliphatic carboxylic acids is 1. The Morgan fingerprint density at radius 2 is 1.38 bits per heavy atom. The number of nitrogens with one attached hydrogen (secondary N) is 3. The molecule has 5 aromatic rings.